The van der Waals surface area contributed by atoms with Crippen molar-refractivity contribution in [3.05, 3.63) is 108 Å². The fourth-order valence-corrected chi connectivity index (χ4v) is 7.65. The summed E-state index contributed by atoms with van der Waals surface area (Å²) in [5.41, 5.74) is 1.34. The maximum atomic E-state index is 13.8. The first-order valence-electron chi connectivity index (χ1n) is 12.5. The van der Waals surface area contributed by atoms with Crippen LogP contribution in [-0.4, -0.2) is 39.5 Å². The Hall–Kier alpha value is -4.46. The number of hydrogen-bond donors (Lipinski definition) is 2. The summed E-state index contributed by atoms with van der Waals surface area (Å²) < 4.78 is 5.63. The van der Waals surface area contributed by atoms with E-state index in [1.165, 1.54) is 24.3 Å². The Morgan fingerprint density at radius 1 is 1.00 bits per heavy atom. The minimum Gasteiger partial charge on any atom is -0.484 e. The van der Waals surface area contributed by atoms with E-state index in [-0.39, 0.29) is 28.8 Å². The largest absolute Gasteiger partial charge is 0.484 e. The average Bonchev–Trinajstić information content (AvgIpc) is 3.47. The number of rotatable bonds is 7. The summed E-state index contributed by atoms with van der Waals surface area (Å²) in [5, 5.41) is 14.1. The Morgan fingerprint density at radius 3 is 2.36 bits per heavy atom. The van der Waals surface area contributed by atoms with Crippen LogP contribution >= 0.6 is 34.7 Å². The van der Waals surface area contributed by atoms with Crippen LogP contribution in [0.25, 0.3) is 0 Å². The molecule has 3 aromatic carbocycles. The molecular weight excluding hydrogens is 604 g/mol. The number of carbonyl (C=O) groups excluding carboxylic acids is 3. The second-order valence-corrected chi connectivity index (χ2v) is 12.1. The molecule has 42 heavy (non-hydrogen) atoms. The summed E-state index contributed by atoms with van der Waals surface area (Å²) in [5.74, 6) is -2.28. The molecule has 212 valence electrons. The number of amides is 3. The van der Waals surface area contributed by atoms with Crippen molar-refractivity contribution in [3.8, 4) is 5.75 Å². The Morgan fingerprint density at radius 2 is 1.69 bits per heavy atom. The number of hydrogen-bond acceptors (Lipinski definition) is 9. The van der Waals surface area contributed by atoms with E-state index in [1.807, 2.05) is 0 Å². The zero-order valence-corrected chi connectivity index (χ0v) is 23.7. The topological polar surface area (TPSA) is 152 Å². The van der Waals surface area contributed by atoms with Crippen LogP contribution in [0.4, 0.5) is 17.1 Å². The highest BCUT2D eigenvalue weighted by molar-refractivity contribution is 8.00. The second-order valence-electron chi connectivity index (χ2n) is 9.45. The number of imide groups is 1. The van der Waals surface area contributed by atoms with Gasteiger partial charge in [-0.15, -0.1) is 0 Å². The van der Waals surface area contributed by atoms with Crippen LogP contribution in [0.2, 0.25) is 5.02 Å². The van der Waals surface area contributed by atoms with Crippen LogP contribution in [0.5, 0.6) is 5.75 Å². The van der Waals surface area contributed by atoms with Crippen molar-refractivity contribution in [1.29, 1.82) is 0 Å². The Labute approximate surface area is 250 Å². The Bertz CT molecular complexity index is 1770. The predicted molar refractivity (Wildman–Crippen MR) is 158 cm³/mol. The highest BCUT2D eigenvalue weighted by atomic mass is 35.5. The number of nitrogens with zero attached hydrogens (tertiary/aromatic N) is 2. The van der Waals surface area contributed by atoms with Gasteiger partial charge < -0.3 is 15.0 Å². The summed E-state index contributed by atoms with van der Waals surface area (Å²) >= 11 is 7.99. The van der Waals surface area contributed by atoms with Gasteiger partial charge in [0.25, 0.3) is 11.6 Å². The molecule has 1 saturated heterocycles. The fraction of sp³-hybridized carbons (Fsp3) is 0.143. The lowest BCUT2D eigenvalue weighted by molar-refractivity contribution is -0.384. The molecule has 2 N–H and O–H groups in total. The van der Waals surface area contributed by atoms with Gasteiger partial charge in [0.2, 0.25) is 11.8 Å². The molecule has 3 amide bonds. The van der Waals surface area contributed by atoms with Crippen molar-refractivity contribution in [3.63, 3.8) is 0 Å². The summed E-state index contributed by atoms with van der Waals surface area (Å²) in [7, 11) is 0. The van der Waals surface area contributed by atoms with Crippen molar-refractivity contribution >= 4 is 69.5 Å². The maximum Gasteiger partial charge on any atom is 0.305 e. The first kappa shape index (κ1) is 27.7. The molecule has 1 aromatic heterocycles. The molecule has 0 radical (unpaired) electrons. The lowest BCUT2D eigenvalue weighted by Crippen LogP contribution is -2.32. The van der Waals surface area contributed by atoms with Crippen molar-refractivity contribution in [2.24, 2.45) is 5.92 Å². The number of anilines is 2. The molecule has 0 bridgehead atoms. The van der Waals surface area contributed by atoms with Crippen LogP contribution in [-0.2, 0) is 14.4 Å². The molecule has 2 aliphatic rings. The number of H-pyrrole nitrogens is 1. The number of thioether (sulfide) groups is 1. The van der Waals surface area contributed by atoms with E-state index in [0.717, 1.165) is 28.0 Å². The molecular formula is C28H19ClN4O7S2. The number of non-ortho nitro benzene ring substituents is 1. The molecule has 0 saturated carbocycles. The summed E-state index contributed by atoms with van der Waals surface area (Å²) in [6.45, 7) is -0.243. The predicted octanol–water partition coefficient (Wildman–Crippen LogP) is 4.81. The van der Waals surface area contributed by atoms with Gasteiger partial charge in [0.15, 0.2) is 6.61 Å². The number of aromatic amines is 1. The van der Waals surface area contributed by atoms with Gasteiger partial charge in [-0.2, -0.15) is 0 Å². The van der Waals surface area contributed by atoms with Crippen LogP contribution in [0.1, 0.15) is 16.4 Å². The van der Waals surface area contributed by atoms with Crippen molar-refractivity contribution in [2.45, 2.75) is 16.2 Å². The number of thiazole rings is 1. The van der Waals surface area contributed by atoms with Crippen molar-refractivity contribution in [2.75, 3.05) is 16.8 Å². The normalized spacial score (nSPS) is 19.3. The zero-order chi connectivity index (χ0) is 29.5. The van der Waals surface area contributed by atoms with Crippen molar-refractivity contribution < 1.29 is 24.0 Å². The van der Waals surface area contributed by atoms with E-state index >= 15 is 0 Å². The number of fused-ring (bicyclic) bond motifs is 2. The van der Waals surface area contributed by atoms with Gasteiger partial charge in [-0.05, 0) is 54.1 Å². The van der Waals surface area contributed by atoms with Crippen LogP contribution < -0.4 is 19.8 Å². The highest BCUT2D eigenvalue weighted by Crippen LogP contribution is 2.53. The molecule has 2 unspecified atom stereocenters. The molecule has 14 heteroatoms. The number of carbonyl (C=O) groups is 3. The lowest BCUT2D eigenvalue weighted by Gasteiger charge is -2.29. The second kappa shape index (κ2) is 11.1. The molecule has 6 rings (SSSR count). The molecule has 1 fully saturated rings. The van der Waals surface area contributed by atoms with Gasteiger partial charge in [-0.25, -0.2) is 4.90 Å². The maximum absolute atomic E-state index is 13.8. The summed E-state index contributed by atoms with van der Waals surface area (Å²) in [6.07, 6.45) is 0. The van der Waals surface area contributed by atoms with Gasteiger partial charge in [0.1, 0.15) is 11.0 Å². The van der Waals surface area contributed by atoms with E-state index in [0.29, 0.717) is 31.9 Å². The molecule has 11 nitrogen and oxygen atoms in total. The number of nitro groups is 1. The number of ether oxygens (including phenoxy) is 1. The third-order valence-electron chi connectivity index (χ3n) is 6.88. The third kappa shape index (κ3) is 5.17. The Balaban J connectivity index is 1.24. The smallest absolute Gasteiger partial charge is 0.305 e. The first-order chi connectivity index (χ1) is 20.2. The minimum absolute atomic E-state index is 0.160. The van der Waals surface area contributed by atoms with E-state index < -0.39 is 33.8 Å². The van der Waals surface area contributed by atoms with E-state index in [1.54, 1.807) is 48.5 Å². The zero-order valence-electron chi connectivity index (χ0n) is 21.3. The molecule has 3 heterocycles. The average molecular weight is 623 g/mol. The number of nitrogens with one attached hydrogen (secondary N) is 2. The molecule has 0 spiro atoms. The molecule has 2 aliphatic heterocycles. The van der Waals surface area contributed by atoms with Gasteiger partial charge in [-0.1, -0.05) is 46.8 Å². The minimum atomic E-state index is -0.812. The van der Waals surface area contributed by atoms with Crippen LogP contribution in [0.15, 0.2) is 82.6 Å². The van der Waals surface area contributed by atoms with Gasteiger partial charge >= 0.3 is 4.87 Å². The quantitative estimate of drug-likeness (QED) is 0.169. The molecule has 0 aliphatic carbocycles. The summed E-state index contributed by atoms with van der Waals surface area (Å²) in [4.78, 5) is 66.6. The first-order valence-corrected chi connectivity index (χ1v) is 14.6. The van der Waals surface area contributed by atoms with Gasteiger partial charge in [0, 0.05) is 33.6 Å². The summed E-state index contributed by atoms with van der Waals surface area (Å²) in [6, 6.07) is 18.7. The van der Waals surface area contributed by atoms with E-state index in [9.17, 15) is 29.3 Å². The SMILES string of the molecule is O=C(COc1ccc([C@H]2c3sc(=O)[nH]c3SC3C(=O)N(c4ccc([N+](=O)[O-])cc4)C(=O)C32)cc1)Nc1ccc(Cl)cc1. The fourth-order valence-electron chi connectivity index (χ4n) is 5.00. The van der Waals surface area contributed by atoms with E-state index in [2.05, 4.69) is 10.3 Å². The monoisotopic (exact) mass is 622 g/mol. The van der Waals surface area contributed by atoms with Crippen molar-refractivity contribution in [1.82, 2.24) is 4.98 Å². The number of aromatic nitrogens is 1. The van der Waals surface area contributed by atoms with Gasteiger partial charge in [0.05, 0.1) is 21.6 Å². The number of benzene rings is 3. The number of nitro benzene ring substituents is 1. The highest BCUT2D eigenvalue weighted by Gasteiger charge is 2.56. The Kier molecular flexibility index (Phi) is 7.31. The van der Waals surface area contributed by atoms with Crippen LogP contribution in [0.3, 0.4) is 0 Å². The molecule has 4 aromatic rings. The molecule has 3 atom stereocenters. The lowest BCUT2D eigenvalue weighted by atomic mass is 9.83. The van der Waals surface area contributed by atoms with Crippen LogP contribution in [0, 0.1) is 16.0 Å². The van der Waals surface area contributed by atoms with Gasteiger partial charge in [-0.3, -0.25) is 29.3 Å². The standard InChI is InChI=1S/C28H19ClN4O7S2/c29-15-3-5-16(6-4-15)30-20(34)13-40-19-11-1-14(2-12-19)21-22-24(41-25-23(21)42-28(37)31-25)27(36)32(26(22)35)17-7-9-18(10-8-17)33(38)39/h1-12,21-22,24H,13H2,(H,30,34)(H,31,37)/t21-,22?,24?/m1/s1. The van der Waals surface area contributed by atoms with E-state index in [4.69, 9.17) is 16.3 Å². The third-order valence-corrected chi connectivity index (χ3v) is 9.53. The number of halogens is 1.